The maximum Gasteiger partial charge on any atom is 0.124 e. The van der Waals surface area contributed by atoms with Crippen LogP contribution < -0.4 is 4.90 Å². The first kappa shape index (κ1) is 31.4. The Bertz CT molecular complexity index is 2760. The monoisotopic (exact) mass is 712 g/mol. The number of nitrogens with zero attached hydrogens (tertiary/aromatic N) is 2. The first-order chi connectivity index (χ1) is 26.2. The second-order valence-electron chi connectivity index (χ2n) is 13.2. The number of rotatable bonds is 7. The van der Waals surface area contributed by atoms with Crippen LogP contribution in [0.2, 0.25) is 0 Å². The van der Waals surface area contributed by atoms with Gasteiger partial charge in [-0.1, -0.05) is 133 Å². The van der Waals surface area contributed by atoms with Crippen LogP contribution in [0.3, 0.4) is 0 Å². The van der Waals surface area contributed by atoms with Crippen molar-refractivity contribution >= 4 is 70.1 Å². The zero-order chi connectivity index (χ0) is 35.1. The second kappa shape index (κ2) is 13.3. The van der Waals surface area contributed by atoms with E-state index in [2.05, 4.69) is 199 Å². The normalized spacial score (nSPS) is 11.4. The van der Waals surface area contributed by atoms with Gasteiger partial charge in [-0.2, -0.15) is 0 Å². The van der Waals surface area contributed by atoms with Crippen LogP contribution in [0.1, 0.15) is 0 Å². The molecule has 4 heteroatoms. The zero-order valence-corrected chi connectivity index (χ0v) is 30.3. The standard InChI is InChI=1S/C49H32N2S2/c1-4-10-33(11-5-1)35-16-23-40(24-17-35)51(41-25-18-36(19-26-41)34-12-6-2-7-13-34)42-27-20-37(21-28-42)39-22-29-46-43(30-39)44-31-45-48(32-47(44)52-46)53-49(50-45)38-14-8-3-9-15-38/h1-32H. The molecule has 0 spiro atoms. The van der Waals surface area contributed by atoms with Gasteiger partial charge in [0.15, 0.2) is 0 Å². The largest absolute Gasteiger partial charge is 0.311 e. The van der Waals surface area contributed by atoms with Crippen molar-refractivity contribution in [2.75, 3.05) is 4.90 Å². The van der Waals surface area contributed by atoms with E-state index in [1.807, 2.05) is 11.3 Å². The Morgan fingerprint density at radius 3 is 1.28 bits per heavy atom. The molecule has 0 unspecified atom stereocenters. The highest BCUT2D eigenvalue weighted by Gasteiger charge is 2.15. The summed E-state index contributed by atoms with van der Waals surface area (Å²) >= 11 is 3.62. The third-order valence-corrected chi connectivity index (χ3v) is 12.1. The smallest absolute Gasteiger partial charge is 0.124 e. The van der Waals surface area contributed by atoms with E-state index in [0.29, 0.717) is 0 Å². The summed E-state index contributed by atoms with van der Waals surface area (Å²) in [5.41, 5.74) is 12.8. The summed E-state index contributed by atoms with van der Waals surface area (Å²) in [7, 11) is 0. The fourth-order valence-corrected chi connectivity index (χ4v) is 9.37. The van der Waals surface area contributed by atoms with Gasteiger partial charge in [0, 0.05) is 42.8 Å². The summed E-state index contributed by atoms with van der Waals surface area (Å²) in [6.07, 6.45) is 0. The molecule has 0 saturated heterocycles. The molecule has 2 nitrogen and oxygen atoms in total. The number of thiophene rings is 1. The van der Waals surface area contributed by atoms with E-state index < -0.39 is 0 Å². The van der Waals surface area contributed by atoms with E-state index in [1.165, 1.54) is 63.8 Å². The maximum absolute atomic E-state index is 5.03. The topological polar surface area (TPSA) is 16.1 Å². The van der Waals surface area contributed by atoms with Gasteiger partial charge < -0.3 is 4.90 Å². The predicted octanol–water partition coefficient (Wildman–Crippen LogP) is 14.8. The predicted molar refractivity (Wildman–Crippen MR) is 229 cm³/mol. The SMILES string of the molecule is c1ccc(-c2ccc(N(c3ccc(-c4ccccc4)cc3)c3ccc(-c4ccc5sc6cc7sc(-c8ccccc8)nc7cc6c5c4)cc3)cc2)cc1. The van der Waals surface area contributed by atoms with E-state index >= 15 is 0 Å². The molecule has 0 N–H and O–H groups in total. The van der Waals surface area contributed by atoms with Gasteiger partial charge in [-0.05, 0) is 94.0 Å². The molecule has 0 aliphatic rings. The van der Waals surface area contributed by atoms with Crippen LogP contribution in [0.15, 0.2) is 194 Å². The molecule has 0 aliphatic carbocycles. The number of hydrogen-bond acceptors (Lipinski definition) is 4. The molecule has 0 amide bonds. The minimum Gasteiger partial charge on any atom is -0.311 e. The summed E-state index contributed by atoms with van der Waals surface area (Å²) in [6, 6.07) is 69.8. The van der Waals surface area contributed by atoms with Gasteiger partial charge >= 0.3 is 0 Å². The molecule has 0 atom stereocenters. The molecule has 250 valence electrons. The molecule has 8 aromatic carbocycles. The van der Waals surface area contributed by atoms with Crippen LogP contribution in [0.25, 0.3) is 74.3 Å². The van der Waals surface area contributed by atoms with Gasteiger partial charge in [0.25, 0.3) is 0 Å². The second-order valence-corrected chi connectivity index (χ2v) is 15.3. The van der Waals surface area contributed by atoms with Crippen molar-refractivity contribution in [3.05, 3.63) is 194 Å². The molecule has 10 aromatic rings. The van der Waals surface area contributed by atoms with E-state index in [9.17, 15) is 0 Å². The van der Waals surface area contributed by atoms with E-state index in [0.717, 1.165) is 27.6 Å². The maximum atomic E-state index is 5.03. The lowest BCUT2D eigenvalue weighted by atomic mass is 10.0. The van der Waals surface area contributed by atoms with Gasteiger partial charge in [-0.3, -0.25) is 0 Å². The third kappa shape index (κ3) is 5.98. The zero-order valence-electron chi connectivity index (χ0n) is 28.7. The Hall–Kier alpha value is -6.33. The number of aromatic nitrogens is 1. The van der Waals surface area contributed by atoms with E-state index in [1.54, 1.807) is 11.3 Å². The Kier molecular flexibility index (Phi) is 7.90. The van der Waals surface area contributed by atoms with E-state index in [-0.39, 0.29) is 0 Å². The molecule has 10 rings (SSSR count). The minimum atomic E-state index is 1.06. The first-order valence-corrected chi connectivity index (χ1v) is 19.4. The number of thiazole rings is 1. The molecule has 0 aliphatic heterocycles. The van der Waals surface area contributed by atoms with Crippen LogP contribution in [0, 0.1) is 0 Å². The first-order valence-electron chi connectivity index (χ1n) is 17.8. The molecule has 53 heavy (non-hydrogen) atoms. The number of benzene rings is 8. The molecule has 2 aromatic heterocycles. The lowest BCUT2D eigenvalue weighted by molar-refractivity contribution is 1.28. The summed E-state index contributed by atoms with van der Waals surface area (Å²) in [5.74, 6) is 0. The number of fused-ring (bicyclic) bond motifs is 4. The summed E-state index contributed by atoms with van der Waals surface area (Å²) < 4.78 is 3.83. The lowest BCUT2D eigenvalue weighted by Crippen LogP contribution is -2.09. The molecule has 0 saturated carbocycles. The lowest BCUT2D eigenvalue weighted by Gasteiger charge is -2.26. The molecule has 0 radical (unpaired) electrons. The molecular formula is C49H32N2S2. The van der Waals surface area contributed by atoms with Crippen molar-refractivity contribution in [2.24, 2.45) is 0 Å². The van der Waals surface area contributed by atoms with Gasteiger partial charge in [-0.15, -0.1) is 22.7 Å². The molecule has 0 fully saturated rings. The highest BCUT2D eigenvalue weighted by molar-refractivity contribution is 7.26. The summed E-state index contributed by atoms with van der Waals surface area (Å²) in [5, 5.41) is 3.61. The van der Waals surface area contributed by atoms with Crippen LogP contribution in [0.4, 0.5) is 17.1 Å². The van der Waals surface area contributed by atoms with Gasteiger partial charge in [0.2, 0.25) is 0 Å². The van der Waals surface area contributed by atoms with Crippen molar-refractivity contribution < 1.29 is 0 Å². The quantitative estimate of drug-likeness (QED) is 0.164. The van der Waals surface area contributed by atoms with Crippen molar-refractivity contribution in [3.63, 3.8) is 0 Å². The van der Waals surface area contributed by atoms with Gasteiger partial charge in [0.1, 0.15) is 5.01 Å². The third-order valence-electron chi connectivity index (χ3n) is 9.92. The van der Waals surface area contributed by atoms with Crippen molar-refractivity contribution in [3.8, 4) is 44.0 Å². The average molecular weight is 713 g/mol. The summed E-state index contributed by atoms with van der Waals surface area (Å²) in [6.45, 7) is 0. The Balaban J connectivity index is 1.01. The Labute approximate surface area is 316 Å². The molecule has 2 heterocycles. The Morgan fingerprint density at radius 2 is 0.755 bits per heavy atom. The Morgan fingerprint density at radius 1 is 0.321 bits per heavy atom. The van der Waals surface area contributed by atoms with E-state index in [4.69, 9.17) is 4.98 Å². The fourth-order valence-electron chi connectivity index (χ4n) is 7.20. The number of hydrogen-bond donors (Lipinski definition) is 0. The average Bonchev–Trinajstić information content (AvgIpc) is 3.82. The highest BCUT2D eigenvalue weighted by atomic mass is 32.1. The van der Waals surface area contributed by atoms with Crippen LogP contribution >= 0.6 is 22.7 Å². The van der Waals surface area contributed by atoms with Crippen LogP contribution in [-0.4, -0.2) is 4.98 Å². The van der Waals surface area contributed by atoms with Crippen molar-refractivity contribution in [2.45, 2.75) is 0 Å². The molecular weight excluding hydrogens is 681 g/mol. The van der Waals surface area contributed by atoms with Crippen molar-refractivity contribution in [1.82, 2.24) is 4.98 Å². The molecule has 0 bridgehead atoms. The van der Waals surface area contributed by atoms with Gasteiger partial charge in [0.05, 0.1) is 10.2 Å². The van der Waals surface area contributed by atoms with Gasteiger partial charge in [-0.25, -0.2) is 4.98 Å². The van der Waals surface area contributed by atoms with Crippen LogP contribution in [-0.2, 0) is 0 Å². The minimum absolute atomic E-state index is 1.06. The van der Waals surface area contributed by atoms with Crippen LogP contribution in [0.5, 0.6) is 0 Å². The van der Waals surface area contributed by atoms with Crippen molar-refractivity contribution in [1.29, 1.82) is 0 Å². The highest BCUT2D eigenvalue weighted by Crippen LogP contribution is 2.42. The fraction of sp³-hybridized carbons (Fsp3) is 0. The number of anilines is 3. The summed E-state index contributed by atoms with van der Waals surface area (Å²) in [4.78, 5) is 7.37.